The lowest BCUT2D eigenvalue weighted by molar-refractivity contribution is -0.192. The van der Waals surface area contributed by atoms with Crippen molar-refractivity contribution in [3.05, 3.63) is 94.4 Å². The van der Waals surface area contributed by atoms with Crippen LogP contribution >= 0.6 is 11.3 Å². The van der Waals surface area contributed by atoms with Crippen LogP contribution < -0.4 is 10.2 Å². The highest BCUT2D eigenvalue weighted by Gasteiger charge is 2.46. The molecule has 51 heavy (non-hydrogen) atoms. The summed E-state index contributed by atoms with van der Waals surface area (Å²) in [6, 6.07) is 21.3. The number of nitrogens with one attached hydrogen (secondary N) is 1. The highest BCUT2D eigenvalue weighted by Crippen LogP contribution is 2.46. The van der Waals surface area contributed by atoms with Gasteiger partial charge in [0.15, 0.2) is 10.8 Å². The number of carbonyl (C=O) groups excluding carboxylic acids is 1. The van der Waals surface area contributed by atoms with Gasteiger partial charge >= 0.3 is 5.97 Å². The predicted octanol–water partition coefficient (Wildman–Crippen LogP) is 7.84. The molecule has 2 fully saturated rings. The lowest BCUT2D eigenvalue weighted by Crippen LogP contribution is -2.51. The number of aromatic carboxylic acids is 1. The summed E-state index contributed by atoms with van der Waals surface area (Å²) < 4.78 is 9.71. The molecular formula is C40H40N6O4S. The van der Waals surface area contributed by atoms with E-state index < -0.39 is 5.97 Å². The van der Waals surface area contributed by atoms with Gasteiger partial charge < -0.3 is 19.3 Å². The normalized spacial score (nSPS) is 22.7. The highest BCUT2D eigenvalue weighted by atomic mass is 32.1. The first kappa shape index (κ1) is 33.1. The van der Waals surface area contributed by atoms with Crippen LogP contribution in [0.15, 0.2) is 60.7 Å². The topological polar surface area (TPSA) is 133 Å². The van der Waals surface area contributed by atoms with E-state index in [2.05, 4.69) is 30.2 Å². The number of benzene rings is 2. The third kappa shape index (κ3) is 6.17. The van der Waals surface area contributed by atoms with Crippen LogP contribution in [0.4, 0.5) is 10.9 Å². The number of carboxylic acids is 1. The zero-order valence-electron chi connectivity index (χ0n) is 29.0. The summed E-state index contributed by atoms with van der Waals surface area (Å²) in [6.07, 6.45) is 4.92. The van der Waals surface area contributed by atoms with E-state index >= 15 is 0 Å². The number of thiazole rings is 1. The number of amides is 1. The number of fused-ring (bicyclic) bond motifs is 4. The Hall–Kier alpha value is -5.05. The Labute approximate surface area is 300 Å². The van der Waals surface area contributed by atoms with Crippen LogP contribution in [0.2, 0.25) is 0 Å². The second-order valence-corrected chi connectivity index (χ2v) is 15.7. The van der Waals surface area contributed by atoms with E-state index in [-0.39, 0.29) is 23.3 Å². The number of hydrogen-bond donors (Lipinski definition) is 2. The minimum absolute atomic E-state index is 0.0723. The number of pyridine rings is 1. The van der Waals surface area contributed by atoms with Gasteiger partial charge in [-0.25, -0.2) is 14.8 Å². The minimum Gasteiger partial charge on any atom is -0.476 e. The number of anilines is 2. The fourth-order valence-electron chi connectivity index (χ4n) is 8.81. The van der Waals surface area contributed by atoms with Gasteiger partial charge in [0.2, 0.25) is 0 Å². The average Bonchev–Trinajstić information content (AvgIpc) is 3.65. The van der Waals surface area contributed by atoms with Crippen LogP contribution in [-0.4, -0.2) is 49.8 Å². The Balaban J connectivity index is 1.08. The van der Waals surface area contributed by atoms with Gasteiger partial charge in [-0.15, -0.1) is 0 Å². The molecule has 11 heteroatoms. The zero-order valence-corrected chi connectivity index (χ0v) is 29.8. The monoisotopic (exact) mass is 700 g/mol. The maximum atomic E-state index is 13.6. The molecule has 3 aromatic heterocycles. The summed E-state index contributed by atoms with van der Waals surface area (Å²) in [5.74, 6) is 0.224. The number of ether oxygens (including phenoxy) is 1. The van der Waals surface area contributed by atoms with Crippen molar-refractivity contribution >= 4 is 44.4 Å². The zero-order chi connectivity index (χ0) is 35.4. The lowest BCUT2D eigenvalue weighted by atomic mass is 9.73. The Bertz CT molecular complexity index is 2180. The third-order valence-corrected chi connectivity index (χ3v) is 11.8. The average molecular weight is 701 g/mol. The largest absolute Gasteiger partial charge is 0.476 e. The van der Waals surface area contributed by atoms with Crippen LogP contribution in [0.5, 0.6) is 0 Å². The van der Waals surface area contributed by atoms with Crippen molar-refractivity contribution < 1.29 is 19.4 Å². The number of nitriles is 1. The third-order valence-electron chi connectivity index (χ3n) is 10.8. The number of para-hydroxylation sites is 1. The molecule has 2 saturated heterocycles. The van der Waals surface area contributed by atoms with Gasteiger partial charge in [0.05, 0.1) is 28.5 Å². The molecule has 0 spiro atoms. The summed E-state index contributed by atoms with van der Waals surface area (Å²) in [4.78, 5) is 37.6. The molecule has 5 aromatic rings. The van der Waals surface area contributed by atoms with Crippen LogP contribution in [0.25, 0.3) is 21.3 Å². The summed E-state index contributed by atoms with van der Waals surface area (Å²) in [6.45, 7) is 8.10. The maximum absolute atomic E-state index is 13.6. The van der Waals surface area contributed by atoms with Crippen molar-refractivity contribution in [1.82, 2.24) is 14.5 Å². The molecule has 260 valence electrons. The molecule has 6 heterocycles. The van der Waals surface area contributed by atoms with Gasteiger partial charge in [-0.05, 0) is 98.4 Å². The number of hydrogen-bond acceptors (Lipinski definition) is 8. The van der Waals surface area contributed by atoms with Gasteiger partial charge in [0.25, 0.3) is 5.91 Å². The van der Waals surface area contributed by atoms with Crippen LogP contribution in [0.3, 0.4) is 0 Å². The molecule has 10 nitrogen and oxygen atoms in total. The SMILES string of the molecule is Cc1c(-c2ccc(N3CCc4cccc(C(=O)Nc5nc6ccccc6s5)c4C3)nc2C(=O)O)cc(C#N)n1CC12CC(C)CC(CC(C)C1)O2. The second kappa shape index (κ2) is 12.9. The van der Waals surface area contributed by atoms with E-state index in [0.717, 1.165) is 52.7 Å². The molecule has 2 unspecified atom stereocenters. The van der Waals surface area contributed by atoms with E-state index in [9.17, 15) is 20.0 Å². The molecule has 2 N–H and O–H groups in total. The Morgan fingerprint density at radius 3 is 2.59 bits per heavy atom. The molecule has 0 radical (unpaired) electrons. The fraction of sp³-hybridized carbons (Fsp3) is 0.375. The number of carboxylic acid groups (broad SMARTS) is 1. The highest BCUT2D eigenvalue weighted by molar-refractivity contribution is 7.22. The fourth-order valence-corrected chi connectivity index (χ4v) is 9.67. The minimum atomic E-state index is -1.14. The van der Waals surface area contributed by atoms with Gasteiger partial charge in [0.1, 0.15) is 17.6 Å². The van der Waals surface area contributed by atoms with Gasteiger partial charge in [-0.2, -0.15) is 5.26 Å². The molecular weight excluding hydrogens is 661 g/mol. The van der Waals surface area contributed by atoms with Crippen molar-refractivity contribution in [1.29, 1.82) is 5.26 Å². The molecule has 1 amide bonds. The molecule has 2 bridgehead atoms. The summed E-state index contributed by atoms with van der Waals surface area (Å²) >= 11 is 1.43. The lowest BCUT2D eigenvalue weighted by Gasteiger charge is -2.50. The molecule has 0 saturated carbocycles. The number of aromatic nitrogens is 3. The van der Waals surface area contributed by atoms with Crippen molar-refractivity contribution in [3.63, 3.8) is 0 Å². The molecule has 2 aromatic carbocycles. The number of nitrogens with zero attached hydrogens (tertiary/aromatic N) is 5. The molecule has 2 atom stereocenters. The molecule has 3 aliphatic heterocycles. The Kier molecular flexibility index (Phi) is 8.39. The first-order valence-corrected chi connectivity index (χ1v) is 18.5. The Morgan fingerprint density at radius 2 is 1.84 bits per heavy atom. The Morgan fingerprint density at radius 1 is 1.06 bits per heavy atom. The van der Waals surface area contributed by atoms with E-state index in [1.165, 1.54) is 11.3 Å². The second-order valence-electron chi connectivity index (χ2n) is 14.7. The van der Waals surface area contributed by atoms with Gasteiger partial charge in [-0.3, -0.25) is 10.1 Å². The van der Waals surface area contributed by atoms with Crippen LogP contribution in [-0.2, 0) is 24.2 Å². The predicted molar refractivity (Wildman–Crippen MR) is 197 cm³/mol. The van der Waals surface area contributed by atoms with Crippen molar-refractivity contribution in [2.45, 2.75) is 77.7 Å². The van der Waals surface area contributed by atoms with E-state index in [4.69, 9.17) is 9.72 Å². The standard InChI is InChI=1S/C40H40N6O4S/c1-23-15-28-16-24(2)19-40(18-23,50-28)22-46-25(3)31(17-27(46)20-41)29-11-12-35(43-36(29)38(48)49)45-14-13-26-7-6-8-30(32(26)21-45)37(47)44-39-42-33-9-4-5-10-34(33)51-39/h4-12,17,23-24,28H,13-16,18-19,21-22H2,1-3H3,(H,48,49)(H,42,44,47). The van der Waals surface area contributed by atoms with Gasteiger partial charge in [-0.1, -0.05) is 49.4 Å². The van der Waals surface area contributed by atoms with Crippen molar-refractivity contribution in [2.75, 3.05) is 16.8 Å². The molecule has 8 rings (SSSR count). The summed E-state index contributed by atoms with van der Waals surface area (Å²) in [5.41, 5.74) is 5.40. The molecule has 0 aliphatic carbocycles. The summed E-state index contributed by atoms with van der Waals surface area (Å²) in [5, 5.41) is 24.2. The first-order chi connectivity index (χ1) is 24.6. The van der Waals surface area contributed by atoms with Crippen LogP contribution in [0.1, 0.15) is 82.9 Å². The van der Waals surface area contributed by atoms with Gasteiger partial charge in [0, 0.05) is 35.5 Å². The number of carbonyl (C=O) groups is 2. The van der Waals surface area contributed by atoms with Crippen molar-refractivity contribution in [2.24, 2.45) is 11.8 Å². The van der Waals surface area contributed by atoms with Crippen molar-refractivity contribution in [3.8, 4) is 17.2 Å². The molecule has 3 aliphatic rings. The smallest absolute Gasteiger partial charge is 0.355 e. The maximum Gasteiger partial charge on any atom is 0.355 e. The van der Waals surface area contributed by atoms with Crippen LogP contribution in [0, 0.1) is 30.1 Å². The quantitative estimate of drug-likeness (QED) is 0.176. The first-order valence-electron chi connectivity index (χ1n) is 17.6. The summed E-state index contributed by atoms with van der Waals surface area (Å²) in [7, 11) is 0. The van der Waals surface area contributed by atoms with E-state index in [0.29, 0.717) is 71.2 Å². The van der Waals surface area contributed by atoms with E-state index in [1.807, 2.05) is 64.9 Å². The van der Waals surface area contributed by atoms with E-state index in [1.54, 1.807) is 12.1 Å². The number of rotatable bonds is 7.